The Bertz CT molecular complexity index is 1330. The first-order valence-electron chi connectivity index (χ1n) is 11.7. The lowest BCUT2D eigenvalue weighted by atomic mass is 9.92. The fraction of sp³-hybridized carbons (Fsp3) is 0.346. The Balaban J connectivity index is 1.70. The number of hydrogen-bond acceptors (Lipinski definition) is 12. The first kappa shape index (κ1) is 25.8. The van der Waals surface area contributed by atoms with Gasteiger partial charge in [-0.2, -0.15) is 0 Å². The number of phenols is 2. The smallest absolute Gasteiger partial charge is 0.229 e. The minimum atomic E-state index is -1.74. The number of hydrogen-bond donors (Lipinski definition) is 6. The molecule has 2 aromatic carbocycles. The first-order chi connectivity index (χ1) is 18.1. The van der Waals surface area contributed by atoms with E-state index in [1.54, 1.807) is 0 Å². The van der Waals surface area contributed by atoms with Crippen LogP contribution in [0.2, 0.25) is 0 Å². The molecule has 1 fully saturated rings. The second-order valence-electron chi connectivity index (χ2n) is 9.01. The Morgan fingerprint density at radius 2 is 1.76 bits per heavy atom. The van der Waals surface area contributed by atoms with E-state index >= 15 is 0 Å². The average molecular weight is 530 g/mol. The van der Waals surface area contributed by atoms with Crippen LogP contribution in [-0.4, -0.2) is 86.9 Å². The Kier molecular flexibility index (Phi) is 6.67. The van der Waals surface area contributed by atoms with E-state index in [0.29, 0.717) is 16.7 Å². The first-order valence-corrected chi connectivity index (χ1v) is 11.7. The number of aliphatic hydroxyl groups is 4. The number of ketones is 1. The van der Waals surface area contributed by atoms with Gasteiger partial charge in [-0.25, -0.2) is 0 Å². The van der Waals surface area contributed by atoms with Gasteiger partial charge in [0.05, 0.1) is 19.3 Å². The molecule has 3 heterocycles. The zero-order chi connectivity index (χ0) is 27.3. The SMILES string of the molecule is COc1cc(C2=C(OC3OC(CO)C(O)C(O)C3O)C3=CC(C(C)=O)Oc4cc(O)cc(c43)O2)ccc1O. The van der Waals surface area contributed by atoms with Gasteiger partial charge in [-0.3, -0.25) is 4.79 Å². The van der Waals surface area contributed by atoms with Crippen LogP contribution in [0.25, 0.3) is 11.3 Å². The summed E-state index contributed by atoms with van der Waals surface area (Å²) < 4.78 is 28.7. The van der Waals surface area contributed by atoms with Crippen molar-refractivity contribution in [3.63, 3.8) is 0 Å². The number of ether oxygens (including phenoxy) is 5. The number of benzene rings is 2. The van der Waals surface area contributed by atoms with Crippen molar-refractivity contribution in [3.05, 3.63) is 53.3 Å². The zero-order valence-corrected chi connectivity index (χ0v) is 20.3. The summed E-state index contributed by atoms with van der Waals surface area (Å²) in [6.45, 7) is 0.654. The summed E-state index contributed by atoms with van der Waals surface area (Å²) in [4.78, 5) is 12.3. The molecule has 0 aliphatic carbocycles. The van der Waals surface area contributed by atoms with Crippen LogP contribution >= 0.6 is 0 Å². The molecule has 6 atom stereocenters. The Hall–Kier alpha value is -3.81. The minimum absolute atomic E-state index is 0.0276. The van der Waals surface area contributed by atoms with E-state index in [9.17, 15) is 35.4 Å². The van der Waals surface area contributed by atoms with Crippen LogP contribution in [0.15, 0.2) is 42.2 Å². The summed E-state index contributed by atoms with van der Waals surface area (Å²) in [5.41, 5.74) is 0.975. The maximum Gasteiger partial charge on any atom is 0.229 e. The molecular formula is C26H26O12. The number of carbonyl (C=O) groups excluding carboxylic acids is 1. The summed E-state index contributed by atoms with van der Waals surface area (Å²) >= 11 is 0. The van der Waals surface area contributed by atoms with E-state index in [1.807, 2.05) is 0 Å². The van der Waals surface area contributed by atoms with Gasteiger partial charge in [-0.05, 0) is 31.2 Å². The fourth-order valence-electron chi connectivity index (χ4n) is 4.50. The highest BCUT2D eigenvalue weighted by atomic mass is 16.7. The van der Waals surface area contributed by atoms with Gasteiger partial charge in [0.25, 0.3) is 0 Å². The monoisotopic (exact) mass is 530 g/mol. The number of carbonyl (C=O) groups is 1. The number of methoxy groups -OCH3 is 1. The molecule has 38 heavy (non-hydrogen) atoms. The minimum Gasteiger partial charge on any atom is -0.508 e. The van der Waals surface area contributed by atoms with Crippen LogP contribution in [0.3, 0.4) is 0 Å². The maximum absolute atomic E-state index is 12.3. The Labute approximate surface area is 216 Å². The standard InChI is InChI=1S/C26H26O12/c1-10(28)15-8-13-20-17(35-15)6-12(29)7-18(20)36-24(11-3-4-14(30)16(5-11)34-2)25(13)38-26-23(33)22(32)21(31)19(9-27)37-26/h3-8,15,19,21-23,26-27,29-33H,9H2,1-2H3. The highest BCUT2D eigenvalue weighted by Crippen LogP contribution is 2.51. The van der Waals surface area contributed by atoms with E-state index in [2.05, 4.69) is 0 Å². The topological polar surface area (TPSA) is 185 Å². The molecule has 6 N–H and O–H groups in total. The van der Waals surface area contributed by atoms with Crippen LogP contribution in [0.1, 0.15) is 18.1 Å². The van der Waals surface area contributed by atoms with Crippen molar-refractivity contribution < 1.29 is 59.1 Å². The third kappa shape index (κ3) is 4.31. The van der Waals surface area contributed by atoms with E-state index in [-0.39, 0.29) is 46.0 Å². The Morgan fingerprint density at radius 1 is 1.03 bits per heavy atom. The molecule has 5 rings (SSSR count). The highest BCUT2D eigenvalue weighted by Gasteiger charge is 2.46. The molecule has 1 saturated heterocycles. The van der Waals surface area contributed by atoms with Crippen molar-refractivity contribution in [1.29, 1.82) is 0 Å². The number of Topliss-reactive ketones (excluding diaryl/α,β-unsaturated/α-hetero) is 1. The molecule has 6 unspecified atom stereocenters. The van der Waals surface area contributed by atoms with Crippen molar-refractivity contribution >= 4 is 17.1 Å². The summed E-state index contributed by atoms with van der Waals surface area (Å²) in [7, 11) is 1.36. The second kappa shape index (κ2) is 9.82. The van der Waals surface area contributed by atoms with Crippen LogP contribution in [0.4, 0.5) is 0 Å². The van der Waals surface area contributed by atoms with Crippen molar-refractivity contribution in [2.75, 3.05) is 13.7 Å². The van der Waals surface area contributed by atoms with Gasteiger partial charge in [-0.15, -0.1) is 0 Å². The summed E-state index contributed by atoms with van der Waals surface area (Å²) in [6, 6.07) is 6.97. The molecule has 0 bridgehead atoms. The average Bonchev–Trinajstić information content (AvgIpc) is 2.89. The van der Waals surface area contributed by atoms with Crippen molar-refractivity contribution in [2.24, 2.45) is 0 Å². The normalized spacial score (nSPS) is 28.0. The van der Waals surface area contributed by atoms with Gasteiger partial charge in [-0.1, -0.05) is 0 Å². The molecule has 12 heteroatoms. The lowest BCUT2D eigenvalue weighted by Crippen LogP contribution is -2.59. The highest BCUT2D eigenvalue weighted by molar-refractivity contribution is 5.98. The van der Waals surface area contributed by atoms with Gasteiger partial charge in [0, 0.05) is 23.3 Å². The third-order valence-corrected chi connectivity index (χ3v) is 6.48. The molecule has 0 radical (unpaired) electrons. The molecule has 202 valence electrons. The molecule has 0 amide bonds. The zero-order valence-electron chi connectivity index (χ0n) is 20.3. The second-order valence-corrected chi connectivity index (χ2v) is 9.01. The molecular weight excluding hydrogens is 504 g/mol. The lowest BCUT2D eigenvalue weighted by Gasteiger charge is -2.41. The molecule has 0 spiro atoms. The summed E-state index contributed by atoms with van der Waals surface area (Å²) in [5.74, 6) is -0.299. The largest absolute Gasteiger partial charge is 0.508 e. The van der Waals surface area contributed by atoms with Crippen LogP contribution in [0, 0.1) is 0 Å². The van der Waals surface area contributed by atoms with E-state index in [4.69, 9.17) is 23.7 Å². The van der Waals surface area contributed by atoms with Crippen LogP contribution in [0.5, 0.6) is 28.7 Å². The number of phenolic OH excluding ortho intramolecular Hbond substituents is 2. The van der Waals surface area contributed by atoms with E-state index < -0.39 is 43.4 Å². The predicted octanol–water partition coefficient (Wildman–Crippen LogP) is 0.417. The van der Waals surface area contributed by atoms with Gasteiger partial charge in [0.2, 0.25) is 6.29 Å². The van der Waals surface area contributed by atoms with Gasteiger partial charge in [0.15, 0.2) is 34.9 Å². The van der Waals surface area contributed by atoms with Crippen molar-refractivity contribution in [1.82, 2.24) is 0 Å². The number of rotatable bonds is 6. The van der Waals surface area contributed by atoms with Crippen LogP contribution in [-0.2, 0) is 14.3 Å². The van der Waals surface area contributed by atoms with Gasteiger partial charge in [0.1, 0.15) is 41.7 Å². The van der Waals surface area contributed by atoms with Gasteiger partial charge < -0.3 is 54.3 Å². The Morgan fingerprint density at radius 3 is 2.45 bits per heavy atom. The predicted molar refractivity (Wildman–Crippen MR) is 128 cm³/mol. The third-order valence-electron chi connectivity index (χ3n) is 6.48. The fourth-order valence-corrected chi connectivity index (χ4v) is 4.50. The quantitative estimate of drug-likeness (QED) is 0.303. The van der Waals surface area contributed by atoms with E-state index in [1.165, 1.54) is 50.4 Å². The molecule has 2 aromatic rings. The number of aliphatic hydroxyl groups excluding tert-OH is 4. The van der Waals surface area contributed by atoms with Gasteiger partial charge >= 0.3 is 0 Å². The van der Waals surface area contributed by atoms with Crippen LogP contribution < -0.4 is 14.2 Å². The molecule has 0 aromatic heterocycles. The molecule has 0 saturated carbocycles. The molecule has 3 aliphatic heterocycles. The van der Waals surface area contributed by atoms with Crippen molar-refractivity contribution in [3.8, 4) is 28.7 Å². The summed E-state index contributed by atoms with van der Waals surface area (Å²) in [6.07, 6.45) is -7.46. The number of allylic oxidation sites excluding steroid dienone is 1. The van der Waals surface area contributed by atoms with Crippen molar-refractivity contribution in [2.45, 2.75) is 43.7 Å². The number of aromatic hydroxyl groups is 2. The van der Waals surface area contributed by atoms with E-state index in [0.717, 1.165) is 0 Å². The molecule has 3 aliphatic rings. The lowest BCUT2D eigenvalue weighted by molar-refractivity contribution is -0.290. The summed E-state index contributed by atoms with van der Waals surface area (Å²) in [5, 5.41) is 61.1. The molecule has 12 nitrogen and oxygen atoms in total. The maximum atomic E-state index is 12.3.